The second-order valence-corrected chi connectivity index (χ2v) is 7.43. The van der Waals surface area contributed by atoms with E-state index in [1.54, 1.807) is 6.07 Å². The Morgan fingerprint density at radius 2 is 1.84 bits per heavy atom. The van der Waals surface area contributed by atoms with E-state index in [2.05, 4.69) is 5.32 Å². The van der Waals surface area contributed by atoms with Gasteiger partial charge in [0, 0.05) is 11.6 Å². The maximum Gasteiger partial charge on any atom is 0.240 e. The maximum atomic E-state index is 12.5. The molecule has 1 saturated carbocycles. The third-order valence-corrected chi connectivity index (χ3v) is 5.72. The molecule has 2 aliphatic carbocycles. The van der Waals surface area contributed by atoms with Gasteiger partial charge in [-0.15, -0.1) is 0 Å². The molecule has 3 amide bonds. The number of likely N-dealkylation sites (tertiary alicyclic amines) is 1. The number of rotatable bonds is 5. The first-order valence-electron chi connectivity index (χ1n) is 8.59. The highest BCUT2D eigenvalue weighted by Gasteiger charge is 2.59. The van der Waals surface area contributed by atoms with E-state index in [1.807, 2.05) is 30.4 Å². The van der Waals surface area contributed by atoms with Crippen LogP contribution in [0.2, 0.25) is 5.02 Å². The van der Waals surface area contributed by atoms with Crippen molar-refractivity contribution in [2.24, 2.45) is 23.7 Å². The van der Waals surface area contributed by atoms with Crippen LogP contribution in [0.25, 0.3) is 0 Å². The summed E-state index contributed by atoms with van der Waals surface area (Å²) < 4.78 is 0. The van der Waals surface area contributed by atoms with Gasteiger partial charge in [-0.2, -0.15) is 0 Å². The number of imide groups is 1. The number of hydrogen-bond donors (Lipinski definition) is 1. The van der Waals surface area contributed by atoms with Gasteiger partial charge in [0.05, 0.1) is 11.8 Å². The smallest absolute Gasteiger partial charge is 0.240 e. The van der Waals surface area contributed by atoms with Gasteiger partial charge < -0.3 is 5.32 Å². The zero-order chi connectivity index (χ0) is 17.6. The Bertz CT molecular complexity index is 746. The van der Waals surface area contributed by atoms with E-state index in [9.17, 15) is 14.4 Å². The number of amides is 3. The van der Waals surface area contributed by atoms with E-state index in [-0.39, 0.29) is 47.9 Å². The maximum absolute atomic E-state index is 12.5. The molecule has 5 nitrogen and oxygen atoms in total. The first-order valence-corrected chi connectivity index (χ1v) is 8.97. The molecule has 4 rings (SSSR count). The summed E-state index contributed by atoms with van der Waals surface area (Å²) in [6.45, 7) is 0.259. The predicted molar refractivity (Wildman–Crippen MR) is 92.6 cm³/mol. The van der Waals surface area contributed by atoms with Crippen LogP contribution in [0.5, 0.6) is 0 Å². The zero-order valence-corrected chi connectivity index (χ0v) is 14.4. The molecule has 25 heavy (non-hydrogen) atoms. The highest BCUT2D eigenvalue weighted by molar-refractivity contribution is 6.30. The van der Waals surface area contributed by atoms with E-state index < -0.39 is 0 Å². The fraction of sp³-hybridized carbons (Fsp3) is 0.421. The van der Waals surface area contributed by atoms with Gasteiger partial charge in [-0.05, 0) is 42.4 Å². The van der Waals surface area contributed by atoms with Crippen LogP contribution in [-0.2, 0) is 20.8 Å². The molecule has 3 aliphatic rings. The van der Waals surface area contributed by atoms with Crippen molar-refractivity contribution in [2.45, 2.75) is 12.8 Å². The molecule has 1 aromatic rings. The van der Waals surface area contributed by atoms with Gasteiger partial charge in [0.1, 0.15) is 6.54 Å². The summed E-state index contributed by atoms with van der Waals surface area (Å²) in [6.07, 6.45) is 5.64. The molecule has 1 N–H and O–H groups in total. The van der Waals surface area contributed by atoms with Gasteiger partial charge in [0.2, 0.25) is 17.7 Å². The summed E-state index contributed by atoms with van der Waals surface area (Å²) in [4.78, 5) is 38.4. The fourth-order valence-corrected chi connectivity index (χ4v) is 4.57. The lowest BCUT2D eigenvalue weighted by molar-refractivity contribution is -0.144. The molecule has 0 radical (unpaired) electrons. The Morgan fingerprint density at radius 1 is 1.16 bits per heavy atom. The van der Waals surface area contributed by atoms with Gasteiger partial charge in [-0.1, -0.05) is 35.9 Å². The number of hydrogen-bond acceptors (Lipinski definition) is 3. The normalized spacial score (nSPS) is 29.4. The number of benzene rings is 1. The molecular formula is C19H19ClN2O3. The monoisotopic (exact) mass is 358 g/mol. The molecule has 1 saturated heterocycles. The second-order valence-electron chi connectivity index (χ2n) is 6.99. The van der Waals surface area contributed by atoms with Crippen LogP contribution in [0.1, 0.15) is 12.0 Å². The van der Waals surface area contributed by atoms with E-state index in [0.29, 0.717) is 18.0 Å². The van der Waals surface area contributed by atoms with Crippen LogP contribution < -0.4 is 5.32 Å². The van der Waals surface area contributed by atoms with Gasteiger partial charge in [-0.3, -0.25) is 19.3 Å². The summed E-state index contributed by atoms with van der Waals surface area (Å²) in [5.74, 6) is -0.828. The van der Waals surface area contributed by atoms with Crippen LogP contribution in [0.3, 0.4) is 0 Å². The van der Waals surface area contributed by atoms with E-state index >= 15 is 0 Å². The largest absolute Gasteiger partial charge is 0.354 e. The zero-order valence-electron chi connectivity index (χ0n) is 13.7. The first-order chi connectivity index (χ1) is 12.0. The Labute approximate surface area is 151 Å². The van der Waals surface area contributed by atoms with Crippen molar-refractivity contribution in [3.8, 4) is 0 Å². The molecular weight excluding hydrogens is 340 g/mol. The Balaban J connectivity index is 1.31. The lowest BCUT2D eigenvalue weighted by atomic mass is 9.85. The minimum atomic E-state index is -0.302. The SMILES string of the molecule is O=C(CN1C(=O)[C@@H]2[C@@H](C1=O)[C@H]1C=C[C@H]2C1)NCCc1cccc(Cl)c1. The molecule has 0 spiro atoms. The first kappa shape index (κ1) is 16.3. The van der Waals surface area contributed by atoms with Crippen LogP contribution in [-0.4, -0.2) is 35.7 Å². The molecule has 2 bridgehead atoms. The highest BCUT2D eigenvalue weighted by atomic mass is 35.5. The van der Waals surface area contributed by atoms with Crippen LogP contribution in [0.15, 0.2) is 36.4 Å². The van der Waals surface area contributed by atoms with Gasteiger partial charge in [0.15, 0.2) is 0 Å². The van der Waals surface area contributed by atoms with Crippen molar-refractivity contribution in [1.82, 2.24) is 10.2 Å². The summed E-state index contributed by atoms with van der Waals surface area (Å²) in [7, 11) is 0. The Kier molecular flexibility index (Phi) is 4.12. The van der Waals surface area contributed by atoms with Crippen molar-refractivity contribution < 1.29 is 14.4 Å². The van der Waals surface area contributed by atoms with Gasteiger partial charge >= 0.3 is 0 Å². The molecule has 1 heterocycles. The molecule has 0 unspecified atom stereocenters. The standard InChI is InChI=1S/C19H19ClN2O3/c20-14-3-1-2-11(8-14)6-7-21-15(23)10-22-18(24)16-12-4-5-13(9-12)17(16)19(22)25/h1-5,8,12-13,16-17H,6-7,9-10H2,(H,21,23)/t12-,13-,16-,17-/m0/s1. The van der Waals surface area contributed by atoms with Crippen LogP contribution in [0.4, 0.5) is 0 Å². The molecule has 130 valence electrons. The summed E-state index contributed by atoms with van der Waals surface area (Å²) in [5.41, 5.74) is 1.03. The minimum absolute atomic E-state index is 0.169. The van der Waals surface area contributed by atoms with Crippen molar-refractivity contribution in [3.05, 3.63) is 47.0 Å². The summed E-state index contributed by atoms with van der Waals surface area (Å²) in [6, 6.07) is 7.45. The van der Waals surface area contributed by atoms with Crippen molar-refractivity contribution in [3.63, 3.8) is 0 Å². The highest BCUT2D eigenvalue weighted by Crippen LogP contribution is 2.52. The van der Waals surface area contributed by atoms with Gasteiger partial charge in [0.25, 0.3) is 0 Å². The number of nitrogens with one attached hydrogen (secondary N) is 1. The van der Waals surface area contributed by atoms with E-state index in [1.165, 1.54) is 0 Å². The lowest BCUT2D eigenvalue weighted by Gasteiger charge is -2.16. The number of allylic oxidation sites excluding steroid dienone is 2. The lowest BCUT2D eigenvalue weighted by Crippen LogP contribution is -2.42. The predicted octanol–water partition coefficient (Wildman–Crippen LogP) is 1.81. The van der Waals surface area contributed by atoms with Gasteiger partial charge in [-0.25, -0.2) is 0 Å². The Hall–Kier alpha value is -2.14. The fourth-order valence-electron chi connectivity index (χ4n) is 4.36. The van der Waals surface area contributed by atoms with E-state index in [0.717, 1.165) is 16.9 Å². The molecule has 4 atom stereocenters. The minimum Gasteiger partial charge on any atom is -0.354 e. The number of halogens is 1. The van der Waals surface area contributed by atoms with Crippen molar-refractivity contribution >= 4 is 29.3 Å². The van der Waals surface area contributed by atoms with Crippen molar-refractivity contribution in [1.29, 1.82) is 0 Å². The summed E-state index contributed by atoms with van der Waals surface area (Å²) >= 11 is 5.93. The quantitative estimate of drug-likeness (QED) is 0.644. The van der Waals surface area contributed by atoms with Crippen LogP contribution >= 0.6 is 11.6 Å². The Morgan fingerprint density at radius 3 is 2.48 bits per heavy atom. The molecule has 6 heteroatoms. The number of nitrogens with zero attached hydrogens (tertiary/aromatic N) is 1. The number of fused-ring (bicyclic) bond motifs is 5. The molecule has 1 aliphatic heterocycles. The molecule has 1 aromatic carbocycles. The molecule has 0 aromatic heterocycles. The third kappa shape index (κ3) is 2.86. The average Bonchev–Trinajstić information content (AvgIpc) is 3.25. The average molecular weight is 359 g/mol. The van der Waals surface area contributed by atoms with Crippen molar-refractivity contribution in [2.75, 3.05) is 13.1 Å². The topological polar surface area (TPSA) is 66.5 Å². The second kappa shape index (κ2) is 6.30. The summed E-state index contributed by atoms with van der Waals surface area (Å²) in [5, 5.41) is 3.44. The third-order valence-electron chi connectivity index (χ3n) is 5.49. The number of carbonyl (C=O) groups is 3. The van der Waals surface area contributed by atoms with E-state index in [4.69, 9.17) is 11.6 Å². The molecule has 2 fully saturated rings. The van der Waals surface area contributed by atoms with Crippen LogP contribution in [0, 0.1) is 23.7 Å². The number of carbonyl (C=O) groups excluding carboxylic acids is 3.